The minimum Gasteiger partial charge on any atom is -0.466 e. The van der Waals surface area contributed by atoms with Gasteiger partial charge in [-0.1, -0.05) is 19.3 Å². The zero-order valence-corrected chi connectivity index (χ0v) is 9.88. The Bertz CT molecular complexity index is 220. The van der Waals surface area contributed by atoms with Gasteiger partial charge in [0.05, 0.1) is 19.1 Å². The molecule has 0 bridgehead atoms. The minimum absolute atomic E-state index is 0.0550. The monoisotopic (exact) mass is 211 g/mol. The van der Waals surface area contributed by atoms with E-state index in [0.29, 0.717) is 13.0 Å². The molecule has 15 heavy (non-hydrogen) atoms. The van der Waals surface area contributed by atoms with E-state index < -0.39 is 0 Å². The van der Waals surface area contributed by atoms with Crippen LogP contribution in [-0.2, 0) is 9.53 Å². The average molecular weight is 211 g/mol. The normalized spacial score (nSPS) is 14.0. The van der Waals surface area contributed by atoms with Crippen molar-refractivity contribution in [3.05, 3.63) is 0 Å². The van der Waals surface area contributed by atoms with Crippen molar-refractivity contribution in [2.24, 2.45) is 0 Å². The molecule has 0 radical (unpaired) electrons. The number of carbonyl (C=O) groups excluding carboxylic acids is 1. The van der Waals surface area contributed by atoms with Gasteiger partial charge in [-0.15, -0.1) is 6.42 Å². The third-order valence-corrected chi connectivity index (χ3v) is 2.04. The molecule has 0 aliphatic carbocycles. The van der Waals surface area contributed by atoms with Gasteiger partial charge in [0.15, 0.2) is 0 Å². The quantitative estimate of drug-likeness (QED) is 0.515. The molecule has 0 rings (SSSR count). The Morgan fingerprint density at radius 1 is 1.53 bits per heavy atom. The maximum atomic E-state index is 11.2. The van der Waals surface area contributed by atoms with Gasteiger partial charge in [0.2, 0.25) is 0 Å². The number of carbonyl (C=O) groups is 1. The zero-order valence-electron chi connectivity index (χ0n) is 9.88. The van der Waals surface area contributed by atoms with Crippen molar-refractivity contribution >= 4 is 5.97 Å². The number of rotatable bonds is 7. The maximum Gasteiger partial charge on any atom is 0.307 e. The van der Waals surface area contributed by atoms with E-state index in [1.165, 1.54) is 0 Å². The van der Waals surface area contributed by atoms with Crippen LogP contribution in [-0.4, -0.2) is 24.7 Å². The first-order valence-corrected chi connectivity index (χ1v) is 5.51. The molecule has 3 nitrogen and oxygen atoms in total. The summed E-state index contributed by atoms with van der Waals surface area (Å²) in [6.45, 7) is 6.26. The van der Waals surface area contributed by atoms with E-state index in [0.717, 1.165) is 12.8 Å². The summed E-state index contributed by atoms with van der Waals surface area (Å²) in [7, 11) is 0. The molecule has 0 saturated heterocycles. The van der Waals surface area contributed by atoms with Crippen molar-refractivity contribution in [1.82, 2.24) is 5.32 Å². The fraction of sp³-hybridized carbons (Fsp3) is 0.750. The zero-order chi connectivity index (χ0) is 11.7. The van der Waals surface area contributed by atoms with Crippen LogP contribution in [0.5, 0.6) is 0 Å². The van der Waals surface area contributed by atoms with Crippen LogP contribution in [0.2, 0.25) is 0 Å². The second-order valence-electron chi connectivity index (χ2n) is 3.58. The lowest BCUT2D eigenvalue weighted by Gasteiger charge is -2.17. The van der Waals surface area contributed by atoms with Gasteiger partial charge < -0.3 is 10.1 Å². The summed E-state index contributed by atoms with van der Waals surface area (Å²) in [5.74, 6) is 2.50. The first-order valence-electron chi connectivity index (χ1n) is 5.51. The van der Waals surface area contributed by atoms with Crippen molar-refractivity contribution < 1.29 is 9.53 Å². The second-order valence-corrected chi connectivity index (χ2v) is 3.58. The molecule has 0 aliphatic heterocycles. The topological polar surface area (TPSA) is 38.3 Å². The first-order chi connectivity index (χ1) is 7.13. The van der Waals surface area contributed by atoms with E-state index in [-0.39, 0.29) is 18.1 Å². The van der Waals surface area contributed by atoms with E-state index in [1.54, 1.807) is 6.92 Å². The Kier molecular flexibility index (Phi) is 7.75. The highest BCUT2D eigenvalue weighted by Gasteiger charge is 2.12. The van der Waals surface area contributed by atoms with Crippen LogP contribution >= 0.6 is 0 Å². The molecule has 1 N–H and O–H groups in total. The van der Waals surface area contributed by atoms with E-state index in [9.17, 15) is 4.79 Å². The fourth-order valence-corrected chi connectivity index (χ4v) is 1.38. The van der Waals surface area contributed by atoms with Crippen LogP contribution in [0.4, 0.5) is 0 Å². The molecule has 0 saturated carbocycles. The molecule has 0 fully saturated rings. The Morgan fingerprint density at radius 2 is 2.20 bits per heavy atom. The standard InChI is InChI=1S/C12H21NO2/c1-5-8-11(6-2)13-10(4)9-12(14)15-7-3/h2,10-11,13H,5,7-9H2,1,3-4H3. The number of nitrogens with one attached hydrogen (secondary N) is 1. The molecule has 0 amide bonds. The van der Waals surface area contributed by atoms with Crippen molar-refractivity contribution in [1.29, 1.82) is 0 Å². The lowest BCUT2D eigenvalue weighted by atomic mass is 10.1. The van der Waals surface area contributed by atoms with Gasteiger partial charge in [0.1, 0.15) is 0 Å². The molecule has 86 valence electrons. The summed E-state index contributed by atoms with van der Waals surface area (Å²) >= 11 is 0. The van der Waals surface area contributed by atoms with Crippen LogP contribution in [0.1, 0.15) is 40.0 Å². The van der Waals surface area contributed by atoms with Crippen molar-refractivity contribution in [2.45, 2.75) is 52.1 Å². The highest BCUT2D eigenvalue weighted by Crippen LogP contribution is 2.00. The molecule has 2 atom stereocenters. The van der Waals surface area contributed by atoms with E-state index in [1.807, 2.05) is 6.92 Å². The van der Waals surface area contributed by atoms with Gasteiger partial charge in [0.25, 0.3) is 0 Å². The van der Waals surface area contributed by atoms with Gasteiger partial charge in [-0.3, -0.25) is 4.79 Å². The maximum absolute atomic E-state index is 11.2. The van der Waals surface area contributed by atoms with Crippen molar-refractivity contribution in [3.8, 4) is 12.3 Å². The molecule has 0 heterocycles. The number of terminal acetylenes is 1. The second kappa shape index (κ2) is 8.31. The van der Waals surface area contributed by atoms with E-state index >= 15 is 0 Å². The lowest BCUT2D eigenvalue weighted by Crippen LogP contribution is -2.37. The summed E-state index contributed by atoms with van der Waals surface area (Å²) < 4.78 is 4.86. The SMILES string of the molecule is C#CC(CCC)NC(C)CC(=O)OCC. The third kappa shape index (κ3) is 6.98. The van der Waals surface area contributed by atoms with Crippen LogP contribution in [0.25, 0.3) is 0 Å². The molecule has 0 aromatic heterocycles. The molecule has 2 unspecified atom stereocenters. The summed E-state index contributed by atoms with van der Waals surface area (Å²) in [5.41, 5.74) is 0. The van der Waals surface area contributed by atoms with Gasteiger partial charge in [0, 0.05) is 6.04 Å². The number of esters is 1. The van der Waals surface area contributed by atoms with E-state index in [4.69, 9.17) is 11.2 Å². The molecule has 3 heteroatoms. The Hall–Kier alpha value is -1.01. The Labute approximate surface area is 92.6 Å². The first kappa shape index (κ1) is 14.0. The highest BCUT2D eigenvalue weighted by molar-refractivity contribution is 5.70. The van der Waals surface area contributed by atoms with Gasteiger partial charge in [-0.2, -0.15) is 0 Å². The lowest BCUT2D eigenvalue weighted by molar-refractivity contribution is -0.143. The minimum atomic E-state index is -0.176. The Morgan fingerprint density at radius 3 is 2.67 bits per heavy atom. The van der Waals surface area contributed by atoms with Crippen molar-refractivity contribution in [3.63, 3.8) is 0 Å². The van der Waals surface area contributed by atoms with Crippen LogP contribution in [0.3, 0.4) is 0 Å². The van der Waals surface area contributed by atoms with Crippen molar-refractivity contribution in [2.75, 3.05) is 6.61 Å². The van der Waals surface area contributed by atoms with Gasteiger partial charge >= 0.3 is 5.97 Å². The molecular formula is C12H21NO2. The largest absolute Gasteiger partial charge is 0.466 e. The Balaban J connectivity index is 3.85. The summed E-state index contributed by atoms with van der Waals surface area (Å²) in [6, 6.07) is 0.121. The number of hydrogen-bond donors (Lipinski definition) is 1. The molecule has 0 aromatic rings. The van der Waals surface area contributed by atoms with Crippen LogP contribution < -0.4 is 5.32 Å². The van der Waals surface area contributed by atoms with Crippen LogP contribution in [0, 0.1) is 12.3 Å². The van der Waals surface area contributed by atoms with Crippen LogP contribution in [0.15, 0.2) is 0 Å². The van der Waals surface area contributed by atoms with Gasteiger partial charge in [-0.25, -0.2) is 0 Å². The summed E-state index contributed by atoms with van der Waals surface area (Å²) in [6.07, 6.45) is 7.71. The highest BCUT2D eigenvalue weighted by atomic mass is 16.5. The van der Waals surface area contributed by atoms with E-state index in [2.05, 4.69) is 18.2 Å². The smallest absolute Gasteiger partial charge is 0.307 e. The third-order valence-electron chi connectivity index (χ3n) is 2.04. The molecule has 0 aliphatic rings. The predicted molar refractivity (Wildman–Crippen MR) is 61.4 cm³/mol. The average Bonchev–Trinajstić information content (AvgIpc) is 2.17. The molecule has 0 spiro atoms. The number of hydrogen-bond acceptors (Lipinski definition) is 3. The molecular weight excluding hydrogens is 190 g/mol. The summed E-state index contributed by atoms with van der Waals surface area (Å²) in [5, 5.41) is 3.22. The van der Waals surface area contributed by atoms with Gasteiger partial charge in [-0.05, 0) is 20.3 Å². The predicted octanol–water partition coefficient (Wildman–Crippen LogP) is 1.72. The number of ether oxygens (including phenoxy) is 1. The fourth-order valence-electron chi connectivity index (χ4n) is 1.38. The molecule has 0 aromatic carbocycles. The summed E-state index contributed by atoms with van der Waals surface area (Å²) in [4.78, 5) is 11.2.